The van der Waals surface area contributed by atoms with E-state index in [-0.39, 0.29) is 0 Å². The second kappa shape index (κ2) is 6.82. The minimum absolute atomic E-state index is 0.744. The molecule has 0 aliphatic heterocycles. The molecule has 1 aliphatic carbocycles. The molecule has 2 nitrogen and oxygen atoms in total. The molecule has 0 aromatic rings. The molecule has 1 fully saturated rings. The van der Waals surface area contributed by atoms with Crippen LogP contribution >= 0.6 is 0 Å². The van der Waals surface area contributed by atoms with Gasteiger partial charge in [0.05, 0.1) is 5.92 Å². The predicted octanol–water partition coefficient (Wildman–Crippen LogP) is 5.62. The van der Waals surface area contributed by atoms with Crippen LogP contribution < -0.4 is 0 Å². The van der Waals surface area contributed by atoms with Gasteiger partial charge in [-0.2, -0.15) is 57.1 Å². The molecule has 1 N–H and O–H groups in total. The average Bonchev–Trinajstić information content (AvgIpc) is 2.53. The lowest BCUT2D eigenvalue weighted by atomic mass is 9.76. The van der Waals surface area contributed by atoms with E-state index in [9.17, 15) is 61.9 Å². The summed E-state index contributed by atoms with van der Waals surface area (Å²) in [5.74, 6) is -42.6. The van der Waals surface area contributed by atoms with Crippen LogP contribution in [0.1, 0.15) is 25.7 Å². The van der Waals surface area contributed by atoms with Crippen molar-refractivity contribution >= 4 is 5.97 Å². The van der Waals surface area contributed by atoms with Crippen molar-refractivity contribution in [3.05, 3.63) is 0 Å². The SMILES string of the molecule is O=C(O)C1CCC(C(F)(F)C(F)(F)C(F)(F)C(F)(F)C(F)(F)C(F)(F)F)CC1. The Labute approximate surface area is 147 Å². The molecule has 0 aromatic heterocycles. The first-order chi connectivity index (χ1) is 12.2. The lowest BCUT2D eigenvalue weighted by molar-refractivity contribution is -0.443. The molecule has 0 heterocycles. The van der Waals surface area contributed by atoms with Gasteiger partial charge < -0.3 is 5.11 Å². The molecule has 0 atom stereocenters. The van der Waals surface area contributed by atoms with E-state index in [1.54, 1.807) is 0 Å². The van der Waals surface area contributed by atoms with Crippen molar-refractivity contribution in [1.82, 2.24) is 0 Å². The zero-order chi connectivity index (χ0) is 22.6. The van der Waals surface area contributed by atoms with Gasteiger partial charge in [0.25, 0.3) is 0 Å². The first-order valence-electron chi connectivity index (χ1n) is 7.34. The Morgan fingerprint density at radius 3 is 1.29 bits per heavy atom. The van der Waals surface area contributed by atoms with Gasteiger partial charge in [-0.15, -0.1) is 0 Å². The fraction of sp³-hybridized carbons (Fsp3) is 0.923. The van der Waals surface area contributed by atoms with Gasteiger partial charge in [0.15, 0.2) is 0 Å². The Morgan fingerprint density at radius 2 is 0.964 bits per heavy atom. The van der Waals surface area contributed by atoms with E-state index in [1.165, 1.54) is 0 Å². The number of alkyl halides is 13. The minimum atomic E-state index is -7.91. The van der Waals surface area contributed by atoms with Crippen LogP contribution in [-0.4, -0.2) is 46.9 Å². The standard InChI is InChI=1S/C13H11F13O2/c14-8(15,6-3-1-5(2-4-6)7(27)28)9(16,17)10(18,19)11(20,21)12(22,23)13(24,25)26/h5-6H,1-4H2,(H,27,28). The Hall–Kier alpha value is -1.44. The lowest BCUT2D eigenvalue weighted by Gasteiger charge is -2.43. The third-order valence-electron chi connectivity index (χ3n) is 4.55. The summed E-state index contributed by atoms with van der Waals surface area (Å²) in [6, 6.07) is 0. The summed E-state index contributed by atoms with van der Waals surface area (Å²) < 4.78 is 169. The maximum absolute atomic E-state index is 13.9. The third-order valence-corrected chi connectivity index (χ3v) is 4.55. The summed E-state index contributed by atoms with van der Waals surface area (Å²) in [7, 11) is 0. The zero-order valence-corrected chi connectivity index (χ0v) is 13.3. The molecule has 15 heteroatoms. The quantitative estimate of drug-likeness (QED) is 0.539. The maximum Gasteiger partial charge on any atom is 0.460 e. The molecule has 0 aromatic carbocycles. The second-order valence-electron chi connectivity index (χ2n) is 6.31. The van der Waals surface area contributed by atoms with Crippen LogP contribution in [0.2, 0.25) is 0 Å². The van der Waals surface area contributed by atoms with Gasteiger partial charge in [-0.25, -0.2) is 0 Å². The van der Waals surface area contributed by atoms with Crippen LogP contribution in [0, 0.1) is 11.8 Å². The molecule has 0 unspecified atom stereocenters. The lowest BCUT2D eigenvalue weighted by Crippen LogP contribution is -2.71. The highest BCUT2D eigenvalue weighted by Crippen LogP contribution is 2.62. The normalized spacial score (nSPS) is 23.6. The van der Waals surface area contributed by atoms with E-state index >= 15 is 0 Å². The van der Waals surface area contributed by atoms with E-state index < -0.39 is 79.3 Å². The Balaban J connectivity index is 3.29. The van der Waals surface area contributed by atoms with E-state index in [0.29, 0.717) is 0 Å². The third kappa shape index (κ3) is 3.37. The van der Waals surface area contributed by atoms with Crippen LogP contribution in [0.4, 0.5) is 57.1 Å². The van der Waals surface area contributed by atoms with Crippen molar-refractivity contribution in [1.29, 1.82) is 0 Å². The van der Waals surface area contributed by atoms with Gasteiger partial charge in [0.1, 0.15) is 0 Å². The van der Waals surface area contributed by atoms with E-state index in [4.69, 9.17) is 5.11 Å². The van der Waals surface area contributed by atoms with Gasteiger partial charge in [-0.1, -0.05) is 0 Å². The van der Waals surface area contributed by atoms with E-state index in [1.807, 2.05) is 0 Å². The molecule has 166 valence electrons. The Morgan fingerprint density at radius 1 is 0.607 bits per heavy atom. The highest BCUT2D eigenvalue weighted by atomic mass is 19.4. The Bertz CT molecular complexity index is 588. The Kier molecular flexibility index (Phi) is 5.99. The van der Waals surface area contributed by atoms with Crippen molar-refractivity contribution in [3.63, 3.8) is 0 Å². The van der Waals surface area contributed by atoms with Crippen molar-refractivity contribution in [2.45, 2.75) is 61.5 Å². The largest absolute Gasteiger partial charge is 0.481 e. The number of aliphatic carboxylic acids is 1. The molecule has 28 heavy (non-hydrogen) atoms. The molecule has 0 amide bonds. The number of carboxylic acid groups (broad SMARTS) is 1. The van der Waals surface area contributed by atoms with Crippen molar-refractivity contribution in [3.8, 4) is 0 Å². The molecular weight excluding hydrogens is 435 g/mol. The number of carbonyl (C=O) groups is 1. The van der Waals surface area contributed by atoms with Crippen LogP contribution in [0.25, 0.3) is 0 Å². The van der Waals surface area contributed by atoms with Crippen molar-refractivity contribution in [2.75, 3.05) is 0 Å². The van der Waals surface area contributed by atoms with Gasteiger partial charge in [-0.05, 0) is 25.7 Å². The van der Waals surface area contributed by atoms with Crippen LogP contribution in [-0.2, 0) is 4.79 Å². The predicted molar refractivity (Wildman–Crippen MR) is 63.9 cm³/mol. The molecule has 0 radical (unpaired) electrons. The summed E-state index contributed by atoms with van der Waals surface area (Å²) in [6.07, 6.45) is -11.3. The molecule has 0 saturated heterocycles. The first kappa shape index (κ1) is 24.6. The highest BCUT2D eigenvalue weighted by Gasteiger charge is 2.91. The summed E-state index contributed by atoms with van der Waals surface area (Å²) in [4.78, 5) is 10.7. The van der Waals surface area contributed by atoms with E-state index in [2.05, 4.69) is 0 Å². The van der Waals surface area contributed by atoms with Gasteiger partial charge in [-0.3, -0.25) is 4.79 Å². The fourth-order valence-electron chi connectivity index (χ4n) is 2.74. The average molecular weight is 446 g/mol. The molecular formula is C13H11F13O2. The topological polar surface area (TPSA) is 37.3 Å². The van der Waals surface area contributed by atoms with Crippen molar-refractivity contribution < 1.29 is 67.0 Å². The van der Waals surface area contributed by atoms with Crippen molar-refractivity contribution in [2.24, 2.45) is 11.8 Å². The molecule has 0 spiro atoms. The monoisotopic (exact) mass is 446 g/mol. The number of hydrogen-bond acceptors (Lipinski definition) is 1. The summed E-state index contributed by atoms with van der Waals surface area (Å²) in [5.41, 5.74) is 0. The molecule has 1 rings (SSSR count). The smallest absolute Gasteiger partial charge is 0.460 e. The highest BCUT2D eigenvalue weighted by molar-refractivity contribution is 5.70. The minimum Gasteiger partial charge on any atom is -0.481 e. The second-order valence-corrected chi connectivity index (χ2v) is 6.31. The maximum atomic E-state index is 13.9. The molecule has 1 saturated carbocycles. The summed E-state index contributed by atoms with van der Waals surface area (Å²) >= 11 is 0. The number of halogens is 13. The first-order valence-corrected chi connectivity index (χ1v) is 7.34. The number of carboxylic acids is 1. The van der Waals surface area contributed by atoms with Crippen LogP contribution in [0.5, 0.6) is 0 Å². The fourth-order valence-corrected chi connectivity index (χ4v) is 2.74. The van der Waals surface area contributed by atoms with Crippen LogP contribution in [0.15, 0.2) is 0 Å². The van der Waals surface area contributed by atoms with Gasteiger partial charge in [0, 0.05) is 5.92 Å². The number of rotatable bonds is 6. The van der Waals surface area contributed by atoms with Gasteiger partial charge >= 0.3 is 41.8 Å². The number of hydrogen-bond donors (Lipinski definition) is 1. The van der Waals surface area contributed by atoms with Gasteiger partial charge in [0.2, 0.25) is 0 Å². The van der Waals surface area contributed by atoms with Crippen LogP contribution in [0.3, 0.4) is 0 Å². The molecule has 1 aliphatic rings. The zero-order valence-electron chi connectivity index (χ0n) is 13.3. The molecule has 0 bridgehead atoms. The summed E-state index contributed by atoms with van der Waals surface area (Å²) in [6.45, 7) is 0. The summed E-state index contributed by atoms with van der Waals surface area (Å²) in [5, 5.41) is 8.64. The van der Waals surface area contributed by atoms with E-state index in [0.717, 1.165) is 0 Å².